The Kier molecular flexibility index (Phi) is 9.77. The monoisotopic (exact) mass is 561 g/mol. The summed E-state index contributed by atoms with van der Waals surface area (Å²) in [6, 6.07) is 5.73. The minimum Gasteiger partial charge on any atom is -0.476 e. The molecule has 0 unspecified atom stereocenters. The van der Waals surface area contributed by atoms with Gasteiger partial charge >= 0.3 is 6.18 Å². The largest absolute Gasteiger partial charge is 0.476 e. The van der Waals surface area contributed by atoms with E-state index in [1.807, 2.05) is 12.1 Å². The molecule has 1 aliphatic rings. The van der Waals surface area contributed by atoms with Crippen molar-refractivity contribution in [2.75, 3.05) is 31.0 Å². The SMILES string of the molecule is COC[C@@H](Oc1cc(C[C@@H]2C[S@@](=O)C[C@H](NCc3cc(C(C)(C)C)ccn3)[C@H]2O)cc(F)c1N)C(F)(F)F. The Labute approximate surface area is 222 Å². The molecule has 2 aromatic rings. The van der Waals surface area contributed by atoms with Crippen LogP contribution in [-0.4, -0.2) is 63.9 Å². The van der Waals surface area contributed by atoms with E-state index in [4.69, 9.17) is 10.5 Å². The number of nitrogens with one attached hydrogen (secondary N) is 1. The maximum absolute atomic E-state index is 14.5. The molecule has 38 heavy (non-hydrogen) atoms. The van der Waals surface area contributed by atoms with Crippen molar-refractivity contribution in [1.29, 1.82) is 0 Å². The number of nitrogens with two attached hydrogens (primary N) is 1. The van der Waals surface area contributed by atoms with Gasteiger partial charge in [-0.3, -0.25) is 9.19 Å². The van der Waals surface area contributed by atoms with E-state index in [0.717, 1.165) is 24.4 Å². The molecule has 7 nitrogen and oxygen atoms in total. The summed E-state index contributed by atoms with van der Waals surface area (Å²) in [6.45, 7) is 5.83. The highest BCUT2D eigenvalue weighted by atomic mass is 32.2. The standard InChI is InChI=1S/C26H35F4N3O4S/c1-25(2,3)17-5-6-32-18(10-17)11-33-20-14-38(35)13-16(24(20)34)7-15-8-19(27)23(31)21(9-15)37-22(12-36-4)26(28,29)30/h5-6,8-10,16,20,22,24,33-34H,7,11-14,31H2,1-4H3/t16-,20+,22-,24+,38-/m1/s1. The summed E-state index contributed by atoms with van der Waals surface area (Å²) >= 11 is 0. The third kappa shape index (κ3) is 7.87. The highest BCUT2D eigenvalue weighted by Crippen LogP contribution is 2.33. The van der Waals surface area contributed by atoms with Gasteiger partial charge in [-0.2, -0.15) is 13.2 Å². The maximum atomic E-state index is 14.5. The summed E-state index contributed by atoms with van der Waals surface area (Å²) in [4.78, 5) is 4.37. The molecule has 3 rings (SSSR count). The number of aliphatic hydroxyl groups is 1. The fourth-order valence-corrected chi connectivity index (χ4v) is 5.98. The zero-order valence-electron chi connectivity index (χ0n) is 21.8. The summed E-state index contributed by atoms with van der Waals surface area (Å²) in [5, 5.41) is 14.3. The zero-order chi connectivity index (χ0) is 28.3. The number of halogens is 4. The first kappa shape index (κ1) is 30.3. The van der Waals surface area contributed by atoms with E-state index in [1.165, 1.54) is 6.07 Å². The molecule has 0 amide bonds. The topological polar surface area (TPSA) is 107 Å². The lowest BCUT2D eigenvalue weighted by atomic mass is 9.87. The smallest absolute Gasteiger partial charge is 0.427 e. The van der Waals surface area contributed by atoms with Crippen LogP contribution in [0.1, 0.15) is 37.6 Å². The van der Waals surface area contributed by atoms with Crippen LogP contribution in [0.5, 0.6) is 5.75 Å². The second-order valence-electron chi connectivity index (χ2n) is 10.6. The number of nitrogens with zero attached hydrogens (tertiary/aromatic N) is 1. The Morgan fingerprint density at radius 3 is 2.58 bits per heavy atom. The first-order chi connectivity index (χ1) is 17.7. The van der Waals surface area contributed by atoms with Crippen LogP contribution < -0.4 is 15.8 Å². The van der Waals surface area contributed by atoms with Crippen LogP contribution in [0.3, 0.4) is 0 Å². The summed E-state index contributed by atoms with van der Waals surface area (Å²) in [6.07, 6.45) is -6.24. The minimum absolute atomic E-state index is 0.0603. The number of nitrogen functional groups attached to an aromatic ring is 1. The van der Waals surface area contributed by atoms with E-state index in [0.29, 0.717) is 6.54 Å². The van der Waals surface area contributed by atoms with Crippen molar-refractivity contribution >= 4 is 16.5 Å². The number of methoxy groups -OCH3 is 1. The molecular weight excluding hydrogens is 526 g/mol. The van der Waals surface area contributed by atoms with Crippen LogP contribution in [0, 0.1) is 11.7 Å². The van der Waals surface area contributed by atoms with Crippen molar-refractivity contribution in [1.82, 2.24) is 10.3 Å². The number of ether oxygens (including phenoxy) is 2. The van der Waals surface area contributed by atoms with Gasteiger partial charge in [0.25, 0.3) is 0 Å². The lowest BCUT2D eigenvalue weighted by Gasteiger charge is -2.35. The molecule has 1 saturated heterocycles. The third-order valence-corrected chi connectivity index (χ3v) is 8.02. The molecule has 1 fully saturated rings. The molecule has 0 spiro atoms. The van der Waals surface area contributed by atoms with Gasteiger partial charge < -0.3 is 25.6 Å². The van der Waals surface area contributed by atoms with Gasteiger partial charge in [-0.15, -0.1) is 0 Å². The van der Waals surface area contributed by atoms with E-state index in [-0.39, 0.29) is 28.9 Å². The van der Waals surface area contributed by atoms with Gasteiger partial charge in [0.15, 0.2) is 0 Å². The Bertz CT molecular complexity index is 1130. The normalized spacial score (nSPS) is 23.3. The molecule has 1 aliphatic heterocycles. The quantitative estimate of drug-likeness (QED) is 0.318. The first-order valence-corrected chi connectivity index (χ1v) is 13.7. The molecule has 212 valence electrons. The number of aromatic nitrogens is 1. The molecule has 5 atom stereocenters. The predicted octanol–water partition coefficient (Wildman–Crippen LogP) is 3.50. The third-order valence-electron chi connectivity index (χ3n) is 6.49. The van der Waals surface area contributed by atoms with Crippen LogP contribution in [-0.2, 0) is 33.9 Å². The van der Waals surface area contributed by atoms with Gasteiger partial charge in [0.1, 0.15) is 17.3 Å². The lowest BCUT2D eigenvalue weighted by Crippen LogP contribution is -2.53. The number of aliphatic hydroxyl groups excluding tert-OH is 1. The maximum Gasteiger partial charge on any atom is 0.427 e. The lowest BCUT2D eigenvalue weighted by molar-refractivity contribution is -0.206. The Balaban J connectivity index is 1.74. The molecule has 1 aromatic carbocycles. The molecular formula is C26H35F4N3O4S. The van der Waals surface area contributed by atoms with Crippen molar-refractivity contribution in [3.05, 3.63) is 53.1 Å². The molecule has 0 radical (unpaired) electrons. The number of anilines is 1. The summed E-state index contributed by atoms with van der Waals surface area (Å²) in [5.74, 6) is -1.56. The highest BCUT2D eigenvalue weighted by Gasteiger charge is 2.42. The van der Waals surface area contributed by atoms with Crippen LogP contribution in [0.15, 0.2) is 30.5 Å². The Morgan fingerprint density at radius 1 is 1.24 bits per heavy atom. The summed E-state index contributed by atoms with van der Waals surface area (Å²) in [5.41, 5.74) is 7.19. The average molecular weight is 562 g/mol. The summed E-state index contributed by atoms with van der Waals surface area (Å²) < 4.78 is 76.6. The van der Waals surface area contributed by atoms with E-state index in [9.17, 15) is 26.9 Å². The second-order valence-corrected chi connectivity index (χ2v) is 12.1. The fourth-order valence-electron chi connectivity index (χ4n) is 4.33. The average Bonchev–Trinajstić information content (AvgIpc) is 2.82. The molecule has 4 N–H and O–H groups in total. The fraction of sp³-hybridized carbons (Fsp3) is 0.577. The van der Waals surface area contributed by atoms with Gasteiger partial charge in [0.2, 0.25) is 6.10 Å². The predicted molar refractivity (Wildman–Crippen MR) is 138 cm³/mol. The number of alkyl halides is 3. The van der Waals surface area contributed by atoms with Crippen LogP contribution in [0.2, 0.25) is 0 Å². The Morgan fingerprint density at radius 2 is 1.95 bits per heavy atom. The van der Waals surface area contributed by atoms with Gasteiger partial charge in [0.05, 0.1) is 18.4 Å². The van der Waals surface area contributed by atoms with E-state index in [1.54, 1.807) is 6.20 Å². The van der Waals surface area contributed by atoms with Crippen molar-refractivity contribution in [2.45, 2.75) is 63.6 Å². The second kappa shape index (κ2) is 12.3. The van der Waals surface area contributed by atoms with E-state index >= 15 is 0 Å². The van der Waals surface area contributed by atoms with E-state index in [2.05, 4.69) is 35.8 Å². The van der Waals surface area contributed by atoms with Gasteiger partial charge in [-0.05, 0) is 47.2 Å². The van der Waals surface area contributed by atoms with Crippen molar-refractivity contribution in [3.63, 3.8) is 0 Å². The van der Waals surface area contributed by atoms with Crippen molar-refractivity contribution in [3.8, 4) is 5.75 Å². The van der Waals surface area contributed by atoms with Crippen LogP contribution in [0.4, 0.5) is 23.2 Å². The highest BCUT2D eigenvalue weighted by molar-refractivity contribution is 7.85. The number of benzene rings is 1. The zero-order valence-corrected chi connectivity index (χ0v) is 22.7. The molecule has 0 bridgehead atoms. The van der Waals surface area contributed by atoms with Crippen LogP contribution in [0.25, 0.3) is 0 Å². The van der Waals surface area contributed by atoms with Crippen molar-refractivity contribution in [2.24, 2.45) is 5.92 Å². The Hall–Kier alpha value is -2.28. The molecule has 1 aromatic heterocycles. The number of rotatable bonds is 9. The minimum atomic E-state index is -4.76. The molecule has 2 heterocycles. The summed E-state index contributed by atoms with van der Waals surface area (Å²) in [7, 11) is -0.176. The molecule has 0 saturated carbocycles. The van der Waals surface area contributed by atoms with Gasteiger partial charge in [0, 0.05) is 54.1 Å². The number of hydrogen-bond donors (Lipinski definition) is 3. The number of hydrogen-bond acceptors (Lipinski definition) is 7. The first-order valence-electron chi connectivity index (χ1n) is 12.2. The molecule has 12 heteroatoms. The van der Waals surface area contributed by atoms with E-state index < -0.39 is 65.0 Å². The van der Waals surface area contributed by atoms with Crippen LogP contribution >= 0.6 is 0 Å². The van der Waals surface area contributed by atoms with Gasteiger partial charge in [-0.25, -0.2) is 4.39 Å². The molecule has 0 aliphatic carbocycles. The number of pyridine rings is 1. The van der Waals surface area contributed by atoms with Crippen molar-refractivity contribution < 1.29 is 36.4 Å². The van der Waals surface area contributed by atoms with Gasteiger partial charge in [-0.1, -0.05) is 20.8 Å².